The van der Waals surface area contributed by atoms with Gasteiger partial charge in [0.15, 0.2) is 0 Å². The molecule has 0 spiro atoms. The quantitative estimate of drug-likeness (QED) is 0.531. The second-order valence-corrected chi connectivity index (χ2v) is 7.07. The summed E-state index contributed by atoms with van der Waals surface area (Å²) in [6.45, 7) is 2.04. The molecule has 0 aliphatic heterocycles. The van der Waals surface area contributed by atoms with Gasteiger partial charge in [0, 0.05) is 17.4 Å². The van der Waals surface area contributed by atoms with Gasteiger partial charge in [-0.2, -0.15) is 0 Å². The molecule has 0 aliphatic rings. The van der Waals surface area contributed by atoms with E-state index in [4.69, 9.17) is 4.74 Å². The summed E-state index contributed by atoms with van der Waals surface area (Å²) in [6, 6.07) is 8.00. The van der Waals surface area contributed by atoms with Gasteiger partial charge < -0.3 is 4.74 Å². The van der Waals surface area contributed by atoms with Crippen LogP contribution in [0.3, 0.4) is 0 Å². The fourth-order valence-corrected chi connectivity index (χ4v) is 4.29. The minimum Gasteiger partial charge on any atom is -0.497 e. The van der Waals surface area contributed by atoms with Crippen LogP contribution in [-0.4, -0.2) is 32.3 Å². The minimum absolute atomic E-state index is 0.670. The number of hydrogen-bond donors (Lipinski definition) is 1. The van der Waals surface area contributed by atoms with E-state index >= 15 is 0 Å². The summed E-state index contributed by atoms with van der Waals surface area (Å²) < 4.78 is 5.24. The van der Waals surface area contributed by atoms with Crippen molar-refractivity contribution < 1.29 is 4.74 Å². The maximum Gasteiger partial charge on any atom is 0.214 e. The van der Waals surface area contributed by atoms with Crippen molar-refractivity contribution >= 4 is 33.3 Å². The van der Waals surface area contributed by atoms with Gasteiger partial charge in [-0.1, -0.05) is 19.1 Å². The first-order valence-corrected chi connectivity index (χ1v) is 9.44. The van der Waals surface area contributed by atoms with Crippen molar-refractivity contribution in [2.75, 3.05) is 7.11 Å². The summed E-state index contributed by atoms with van der Waals surface area (Å²) in [5.41, 5.74) is 2.21. The number of benzene rings is 1. The zero-order valence-corrected chi connectivity index (χ0v) is 15.3. The Morgan fingerprint density at radius 2 is 2.04 bits per heavy atom. The second kappa shape index (κ2) is 6.81. The number of H-pyrrole nitrogens is 1. The van der Waals surface area contributed by atoms with Gasteiger partial charge in [0.1, 0.15) is 27.8 Å². The number of thiophene rings is 1. The van der Waals surface area contributed by atoms with Crippen LogP contribution < -0.4 is 4.74 Å². The highest BCUT2D eigenvalue weighted by Crippen LogP contribution is 2.39. The third-order valence-electron chi connectivity index (χ3n) is 3.77. The minimum atomic E-state index is 0.670. The van der Waals surface area contributed by atoms with Crippen molar-refractivity contribution in [2.45, 2.75) is 23.5 Å². The summed E-state index contributed by atoms with van der Waals surface area (Å²) in [5.74, 6) is 1.70. The summed E-state index contributed by atoms with van der Waals surface area (Å²) in [5, 5.41) is 11.9. The monoisotopic (exact) mass is 369 g/mol. The number of ether oxygens (including phenoxy) is 1. The molecular formula is C17H15N5OS2. The Morgan fingerprint density at radius 1 is 1.20 bits per heavy atom. The highest BCUT2D eigenvalue weighted by molar-refractivity contribution is 7.99. The predicted octanol–water partition coefficient (Wildman–Crippen LogP) is 4.20. The number of nitrogens with one attached hydrogen (secondary N) is 1. The lowest BCUT2D eigenvalue weighted by atomic mass is 10.1. The number of aromatic nitrogens is 5. The second-order valence-electron chi connectivity index (χ2n) is 5.26. The molecule has 1 aromatic carbocycles. The third-order valence-corrected chi connectivity index (χ3v) is 5.52. The molecule has 0 saturated carbocycles. The third kappa shape index (κ3) is 3.10. The SMILES string of the molecule is CCc1nc(Sc2ncnc3scc(-c4ccc(OC)cc4)c23)n[nH]1. The highest BCUT2D eigenvalue weighted by atomic mass is 32.2. The van der Waals surface area contributed by atoms with Crippen LogP contribution in [0.25, 0.3) is 21.3 Å². The van der Waals surface area contributed by atoms with Crippen LogP contribution in [0.15, 0.2) is 46.2 Å². The molecule has 0 aliphatic carbocycles. The lowest BCUT2D eigenvalue weighted by molar-refractivity contribution is 0.415. The topological polar surface area (TPSA) is 76.6 Å². The predicted molar refractivity (Wildman–Crippen MR) is 99.3 cm³/mol. The number of hydrogen-bond acceptors (Lipinski definition) is 7. The largest absolute Gasteiger partial charge is 0.497 e. The Balaban J connectivity index is 1.78. The van der Waals surface area contributed by atoms with E-state index in [1.807, 2.05) is 31.2 Å². The van der Waals surface area contributed by atoms with E-state index < -0.39 is 0 Å². The van der Waals surface area contributed by atoms with Crippen molar-refractivity contribution in [1.82, 2.24) is 25.1 Å². The molecule has 1 N–H and O–H groups in total. The van der Waals surface area contributed by atoms with Gasteiger partial charge in [0.05, 0.1) is 12.5 Å². The molecule has 25 heavy (non-hydrogen) atoms. The number of fused-ring (bicyclic) bond motifs is 1. The van der Waals surface area contributed by atoms with Crippen LogP contribution in [0, 0.1) is 0 Å². The van der Waals surface area contributed by atoms with Crippen LogP contribution in [0.2, 0.25) is 0 Å². The standard InChI is InChI=1S/C17H15N5OS2/c1-3-13-20-17(22-21-13)25-16-14-12(8-24-15(14)18-9-19-16)10-4-6-11(23-2)7-5-10/h4-9H,3H2,1-2H3,(H,20,21,22). The van der Waals surface area contributed by atoms with Crippen molar-refractivity contribution in [3.8, 4) is 16.9 Å². The average Bonchev–Trinajstić information content (AvgIpc) is 3.29. The maximum atomic E-state index is 5.24. The number of aromatic amines is 1. The van der Waals surface area contributed by atoms with Gasteiger partial charge in [-0.05, 0) is 29.5 Å². The number of methoxy groups -OCH3 is 1. The number of rotatable bonds is 5. The van der Waals surface area contributed by atoms with Crippen molar-refractivity contribution in [1.29, 1.82) is 0 Å². The summed E-state index contributed by atoms with van der Waals surface area (Å²) in [4.78, 5) is 14.3. The van der Waals surface area contributed by atoms with Gasteiger partial charge in [-0.25, -0.2) is 15.0 Å². The Bertz CT molecular complexity index is 1010. The van der Waals surface area contributed by atoms with E-state index in [0.29, 0.717) is 5.16 Å². The summed E-state index contributed by atoms with van der Waals surface area (Å²) in [7, 11) is 1.67. The fourth-order valence-electron chi connectivity index (χ4n) is 2.48. The van der Waals surface area contributed by atoms with Gasteiger partial charge in [0.25, 0.3) is 0 Å². The Kier molecular flexibility index (Phi) is 4.37. The molecule has 0 unspecified atom stereocenters. The number of aryl methyl sites for hydroxylation is 1. The van der Waals surface area contributed by atoms with E-state index in [0.717, 1.165) is 44.4 Å². The van der Waals surface area contributed by atoms with Crippen LogP contribution in [0.1, 0.15) is 12.7 Å². The van der Waals surface area contributed by atoms with Gasteiger partial charge in [-0.15, -0.1) is 16.4 Å². The van der Waals surface area contributed by atoms with Crippen LogP contribution >= 0.6 is 23.1 Å². The number of nitrogens with zero attached hydrogens (tertiary/aromatic N) is 4. The molecule has 3 aromatic heterocycles. The Labute approximate surface area is 152 Å². The lowest BCUT2D eigenvalue weighted by Crippen LogP contribution is -1.87. The van der Waals surface area contributed by atoms with Gasteiger partial charge in [-0.3, -0.25) is 5.10 Å². The molecule has 0 atom stereocenters. The summed E-state index contributed by atoms with van der Waals surface area (Å²) in [6.07, 6.45) is 2.41. The molecule has 4 rings (SSSR count). The van der Waals surface area contributed by atoms with Crippen LogP contribution in [0.4, 0.5) is 0 Å². The highest BCUT2D eigenvalue weighted by Gasteiger charge is 2.16. The molecule has 4 aromatic rings. The molecule has 0 radical (unpaired) electrons. The first kappa shape index (κ1) is 16.0. The van der Waals surface area contributed by atoms with E-state index in [1.165, 1.54) is 11.8 Å². The molecule has 126 valence electrons. The van der Waals surface area contributed by atoms with Crippen molar-refractivity contribution in [3.63, 3.8) is 0 Å². The Hall–Kier alpha value is -2.45. The zero-order valence-electron chi connectivity index (χ0n) is 13.7. The molecule has 0 fully saturated rings. The first-order chi connectivity index (χ1) is 12.3. The van der Waals surface area contributed by atoms with Gasteiger partial charge in [0.2, 0.25) is 5.16 Å². The Morgan fingerprint density at radius 3 is 2.76 bits per heavy atom. The normalized spacial score (nSPS) is 11.1. The van der Waals surface area contributed by atoms with Crippen molar-refractivity contribution in [3.05, 3.63) is 41.8 Å². The van der Waals surface area contributed by atoms with E-state index in [-0.39, 0.29) is 0 Å². The van der Waals surface area contributed by atoms with E-state index in [9.17, 15) is 0 Å². The smallest absolute Gasteiger partial charge is 0.214 e. The molecule has 0 bridgehead atoms. The molecule has 8 heteroatoms. The van der Waals surface area contributed by atoms with Crippen LogP contribution in [0.5, 0.6) is 5.75 Å². The van der Waals surface area contributed by atoms with Crippen LogP contribution in [-0.2, 0) is 6.42 Å². The van der Waals surface area contributed by atoms with Crippen molar-refractivity contribution in [2.24, 2.45) is 0 Å². The first-order valence-electron chi connectivity index (χ1n) is 7.74. The van der Waals surface area contributed by atoms with E-state index in [1.54, 1.807) is 24.8 Å². The zero-order chi connectivity index (χ0) is 17.2. The molecule has 0 amide bonds. The maximum absolute atomic E-state index is 5.24. The molecule has 0 saturated heterocycles. The molecule has 6 nitrogen and oxygen atoms in total. The lowest BCUT2D eigenvalue weighted by Gasteiger charge is -2.05. The van der Waals surface area contributed by atoms with Gasteiger partial charge >= 0.3 is 0 Å². The molecule has 3 heterocycles. The molecular weight excluding hydrogens is 354 g/mol. The average molecular weight is 369 g/mol. The van der Waals surface area contributed by atoms with E-state index in [2.05, 4.69) is 30.5 Å². The summed E-state index contributed by atoms with van der Waals surface area (Å²) >= 11 is 3.06. The fraction of sp³-hybridized carbons (Fsp3) is 0.176.